The summed E-state index contributed by atoms with van der Waals surface area (Å²) in [4.78, 5) is 29.8. The van der Waals surface area contributed by atoms with E-state index in [9.17, 15) is 9.59 Å². The van der Waals surface area contributed by atoms with Crippen LogP contribution in [0.15, 0.2) is 60.4 Å². The van der Waals surface area contributed by atoms with E-state index in [0.717, 1.165) is 29.6 Å². The summed E-state index contributed by atoms with van der Waals surface area (Å²) >= 11 is 0. The Balaban J connectivity index is 1.71. The van der Waals surface area contributed by atoms with Crippen molar-refractivity contribution in [3.63, 3.8) is 0 Å². The molecule has 3 aromatic rings. The number of benzene rings is 2. The summed E-state index contributed by atoms with van der Waals surface area (Å²) in [6.45, 7) is 3.08. The third-order valence-electron chi connectivity index (χ3n) is 5.96. The van der Waals surface area contributed by atoms with Crippen LogP contribution in [0, 0.1) is 0 Å². The standard InChI is InChI=1S/C25H28N4O3/c1-27-12-14-29(15-13-27)25(31)21(26-24(30)20-9-5-7-11-23(20)32-3)16-18-17-28(2)22-10-6-4-8-19(18)22/h4-11,16-17H,12-15H2,1-3H3,(H,26,30)/p+1/b21-16-. The zero-order valence-corrected chi connectivity index (χ0v) is 18.7. The second-order valence-electron chi connectivity index (χ2n) is 8.17. The largest absolute Gasteiger partial charge is 0.496 e. The summed E-state index contributed by atoms with van der Waals surface area (Å²) in [7, 11) is 5.62. The van der Waals surface area contributed by atoms with E-state index >= 15 is 0 Å². The van der Waals surface area contributed by atoms with Gasteiger partial charge < -0.3 is 24.4 Å². The first-order valence-electron chi connectivity index (χ1n) is 10.8. The molecule has 1 fully saturated rings. The minimum atomic E-state index is -0.373. The van der Waals surface area contributed by atoms with Gasteiger partial charge in [-0.25, -0.2) is 0 Å². The van der Waals surface area contributed by atoms with Crippen LogP contribution in [0.2, 0.25) is 0 Å². The number of piperazine rings is 1. The number of quaternary nitrogens is 1. The number of rotatable bonds is 5. The monoisotopic (exact) mass is 433 g/mol. The Bertz CT molecular complexity index is 1170. The number of fused-ring (bicyclic) bond motifs is 1. The number of nitrogens with zero attached hydrogens (tertiary/aromatic N) is 2. The van der Waals surface area contributed by atoms with Crippen molar-refractivity contribution in [2.45, 2.75) is 0 Å². The van der Waals surface area contributed by atoms with E-state index in [2.05, 4.69) is 12.4 Å². The molecule has 0 bridgehead atoms. The molecule has 4 rings (SSSR count). The van der Waals surface area contributed by atoms with Crippen molar-refractivity contribution >= 4 is 28.8 Å². The first-order chi connectivity index (χ1) is 15.5. The normalized spacial score (nSPS) is 15.1. The molecule has 0 unspecified atom stereocenters. The lowest BCUT2D eigenvalue weighted by Gasteiger charge is -2.30. The van der Waals surface area contributed by atoms with Gasteiger partial charge in [0, 0.05) is 29.7 Å². The van der Waals surface area contributed by atoms with Gasteiger partial charge in [-0.3, -0.25) is 9.59 Å². The van der Waals surface area contributed by atoms with Crippen molar-refractivity contribution in [3.8, 4) is 5.75 Å². The van der Waals surface area contributed by atoms with Crippen molar-refractivity contribution in [3.05, 3.63) is 71.6 Å². The van der Waals surface area contributed by atoms with E-state index < -0.39 is 0 Å². The number of aromatic nitrogens is 1. The Morgan fingerprint density at radius 1 is 1.06 bits per heavy atom. The number of hydrogen-bond donors (Lipinski definition) is 2. The number of nitrogens with one attached hydrogen (secondary N) is 2. The summed E-state index contributed by atoms with van der Waals surface area (Å²) < 4.78 is 7.35. The van der Waals surface area contributed by atoms with Gasteiger partial charge >= 0.3 is 0 Å². The molecule has 1 aliphatic heterocycles. The predicted molar refractivity (Wildman–Crippen MR) is 125 cm³/mol. The van der Waals surface area contributed by atoms with Crippen LogP contribution in [-0.2, 0) is 11.8 Å². The molecule has 2 amide bonds. The molecule has 0 radical (unpaired) electrons. The van der Waals surface area contributed by atoms with E-state index in [1.807, 2.05) is 47.0 Å². The zero-order chi connectivity index (χ0) is 22.7. The quantitative estimate of drug-likeness (QED) is 0.597. The molecule has 0 aliphatic carbocycles. The lowest BCUT2D eigenvalue weighted by Crippen LogP contribution is -3.12. The van der Waals surface area contributed by atoms with Crippen LogP contribution in [0.4, 0.5) is 0 Å². The van der Waals surface area contributed by atoms with Crippen LogP contribution in [0.5, 0.6) is 5.75 Å². The molecule has 32 heavy (non-hydrogen) atoms. The van der Waals surface area contributed by atoms with Crippen LogP contribution in [0.25, 0.3) is 17.0 Å². The number of aryl methyl sites for hydroxylation is 1. The first kappa shape index (κ1) is 21.6. The van der Waals surface area contributed by atoms with Crippen LogP contribution in [-0.4, -0.2) is 61.6 Å². The highest BCUT2D eigenvalue weighted by molar-refractivity contribution is 6.07. The molecule has 0 saturated carbocycles. The Morgan fingerprint density at radius 2 is 1.75 bits per heavy atom. The number of methoxy groups -OCH3 is 1. The molecular formula is C25H29N4O3+. The number of para-hydroxylation sites is 2. The maximum atomic E-state index is 13.5. The minimum Gasteiger partial charge on any atom is -0.496 e. The first-order valence-corrected chi connectivity index (χ1v) is 10.8. The van der Waals surface area contributed by atoms with Gasteiger partial charge in [0.1, 0.15) is 11.4 Å². The molecule has 0 spiro atoms. The Morgan fingerprint density at radius 3 is 2.50 bits per heavy atom. The number of likely N-dealkylation sites (N-methyl/N-ethyl adjacent to an activating group) is 1. The van der Waals surface area contributed by atoms with Crippen molar-refractivity contribution in [1.29, 1.82) is 0 Å². The molecule has 1 aromatic heterocycles. The van der Waals surface area contributed by atoms with E-state index in [1.165, 1.54) is 12.0 Å². The number of carbonyl (C=O) groups excluding carboxylic acids is 2. The topological polar surface area (TPSA) is 68.0 Å². The van der Waals surface area contributed by atoms with Gasteiger partial charge in [0.15, 0.2) is 0 Å². The molecule has 1 aliphatic rings. The fraction of sp³-hybridized carbons (Fsp3) is 0.280. The molecule has 7 nitrogen and oxygen atoms in total. The Kier molecular flexibility index (Phi) is 6.28. The average molecular weight is 434 g/mol. The highest BCUT2D eigenvalue weighted by atomic mass is 16.5. The summed E-state index contributed by atoms with van der Waals surface area (Å²) in [5.41, 5.74) is 2.59. The molecule has 1 saturated heterocycles. The van der Waals surface area contributed by atoms with Gasteiger partial charge in [-0.1, -0.05) is 30.3 Å². The number of amides is 2. The van der Waals surface area contributed by atoms with Gasteiger partial charge in [-0.15, -0.1) is 0 Å². The van der Waals surface area contributed by atoms with Crippen molar-refractivity contribution < 1.29 is 19.2 Å². The molecule has 166 valence electrons. The summed E-state index contributed by atoms with van der Waals surface area (Å²) in [6.07, 6.45) is 3.75. The van der Waals surface area contributed by atoms with E-state index in [-0.39, 0.29) is 17.5 Å². The summed E-state index contributed by atoms with van der Waals surface area (Å²) in [5, 5.41) is 3.90. The molecule has 2 N–H and O–H groups in total. The van der Waals surface area contributed by atoms with Gasteiger partial charge in [-0.2, -0.15) is 0 Å². The molecular weight excluding hydrogens is 404 g/mol. The lowest BCUT2D eigenvalue weighted by atomic mass is 10.1. The van der Waals surface area contributed by atoms with E-state index in [1.54, 1.807) is 30.3 Å². The second-order valence-corrected chi connectivity index (χ2v) is 8.17. The maximum Gasteiger partial charge on any atom is 0.270 e. The number of carbonyl (C=O) groups is 2. The maximum absolute atomic E-state index is 13.5. The smallest absolute Gasteiger partial charge is 0.270 e. The van der Waals surface area contributed by atoms with Crippen LogP contribution in [0.3, 0.4) is 0 Å². The van der Waals surface area contributed by atoms with Crippen LogP contribution in [0.1, 0.15) is 15.9 Å². The zero-order valence-electron chi connectivity index (χ0n) is 18.7. The van der Waals surface area contributed by atoms with Gasteiger partial charge in [-0.05, 0) is 24.3 Å². The van der Waals surface area contributed by atoms with Gasteiger partial charge in [0.25, 0.3) is 11.8 Å². The molecule has 2 aromatic carbocycles. The van der Waals surface area contributed by atoms with Crippen LogP contribution < -0.4 is 15.0 Å². The summed E-state index contributed by atoms with van der Waals surface area (Å²) in [5.74, 6) is -0.0825. The van der Waals surface area contributed by atoms with Crippen molar-refractivity contribution in [2.75, 3.05) is 40.3 Å². The Labute approximate surface area is 187 Å². The fourth-order valence-electron chi connectivity index (χ4n) is 4.08. The molecule has 2 heterocycles. The molecule has 7 heteroatoms. The lowest BCUT2D eigenvalue weighted by molar-refractivity contribution is -0.883. The van der Waals surface area contributed by atoms with Crippen molar-refractivity contribution in [1.82, 2.24) is 14.8 Å². The Hall–Kier alpha value is -3.58. The third-order valence-corrected chi connectivity index (χ3v) is 5.96. The summed E-state index contributed by atoms with van der Waals surface area (Å²) in [6, 6.07) is 15.0. The van der Waals surface area contributed by atoms with E-state index in [0.29, 0.717) is 24.4 Å². The van der Waals surface area contributed by atoms with Crippen molar-refractivity contribution in [2.24, 2.45) is 7.05 Å². The highest BCUT2D eigenvalue weighted by Crippen LogP contribution is 2.23. The van der Waals surface area contributed by atoms with Gasteiger partial charge in [0.2, 0.25) is 0 Å². The molecule has 0 atom stereocenters. The number of ether oxygens (including phenoxy) is 1. The fourth-order valence-corrected chi connectivity index (χ4v) is 4.08. The minimum absolute atomic E-state index is 0.173. The SMILES string of the molecule is COc1ccccc1C(=O)N/C(=C\c1cn(C)c2ccccc12)C(=O)N1CC[NH+](C)CC1. The number of hydrogen-bond acceptors (Lipinski definition) is 3. The van der Waals surface area contributed by atoms with Gasteiger partial charge in [0.05, 0.1) is 45.9 Å². The average Bonchev–Trinajstić information content (AvgIpc) is 3.14. The highest BCUT2D eigenvalue weighted by Gasteiger charge is 2.26. The third kappa shape index (κ3) is 4.38. The van der Waals surface area contributed by atoms with E-state index in [4.69, 9.17) is 4.74 Å². The second kappa shape index (κ2) is 9.28. The predicted octanol–water partition coefficient (Wildman–Crippen LogP) is 1.31. The van der Waals surface area contributed by atoms with Crippen LogP contribution >= 0.6 is 0 Å².